The van der Waals surface area contributed by atoms with E-state index in [1.165, 1.54) is 121 Å². The van der Waals surface area contributed by atoms with Crippen LogP contribution in [0.1, 0.15) is 0 Å². The molecule has 0 amide bonds. The molecule has 0 unspecified atom stereocenters. The minimum atomic E-state index is 1.20. The molecule has 0 heterocycles. The SMILES string of the molecule is c1ccc(-c2cc(-c3ccccc3)cc(-c3c4ccccc4c(-c4c5ccccc5c(-c5cc6ccccc6cc5-c5ccccc5)c5ccccc45)c4ccccc34)c2)cc1. The molecular formula is C62H40. The summed E-state index contributed by atoms with van der Waals surface area (Å²) >= 11 is 0. The molecule has 288 valence electrons. The van der Waals surface area contributed by atoms with Gasteiger partial charge in [0.2, 0.25) is 0 Å². The van der Waals surface area contributed by atoms with Crippen LogP contribution in [0.4, 0.5) is 0 Å². The molecule has 0 radical (unpaired) electrons. The van der Waals surface area contributed by atoms with Crippen molar-refractivity contribution in [3.8, 4) is 66.8 Å². The number of hydrogen-bond donors (Lipinski definition) is 0. The molecule has 0 fully saturated rings. The lowest BCUT2D eigenvalue weighted by Gasteiger charge is -2.23. The highest BCUT2D eigenvalue weighted by Gasteiger charge is 2.24. The topological polar surface area (TPSA) is 0 Å². The van der Waals surface area contributed by atoms with Gasteiger partial charge in [-0.15, -0.1) is 0 Å². The lowest BCUT2D eigenvalue weighted by molar-refractivity contribution is 1.58. The highest BCUT2D eigenvalue weighted by atomic mass is 14.3. The van der Waals surface area contributed by atoms with Gasteiger partial charge in [0.05, 0.1) is 0 Å². The molecular weight excluding hydrogens is 745 g/mol. The fourth-order valence-electron chi connectivity index (χ4n) is 10.1. The first-order chi connectivity index (χ1) is 30.8. The van der Waals surface area contributed by atoms with Crippen molar-refractivity contribution in [1.82, 2.24) is 0 Å². The van der Waals surface area contributed by atoms with Gasteiger partial charge >= 0.3 is 0 Å². The van der Waals surface area contributed by atoms with Crippen molar-refractivity contribution in [2.24, 2.45) is 0 Å². The Hall–Kier alpha value is -8.06. The molecule has 0 N–H and O–H groups in total. The van der Waals surface area contributed by atoms with E-state index < -0.39 is 0 Å². The van der Waals surface area contributed by atoms with E-state index in [-0.39, 0.29) is 0 Å². The zero-order chi connectivity index (χ0) is 41.0. The lowest BCUT2D eigenvalue weighted by Crippen LogP contribution is -1.96. The van der Waals surface area contributed by atoms with Crippen LogP contribution in [0.3, 0.4) is 0 Å². The summed E-state index contributed by atoms with van der Waals surface area (Å²) in [5.41, 5.74) is 14.8. The summed E-state index contributed by atoms with van der Waals surface area (Å²) in [5.74, 6) is 0. The Morgan fingerprint density at radius 3 is 0.855 bits per heavy atom. The van der Waals surface area contributed by atoms with E-state index in [0.717, 1.165) is 0 Å². The predicted octanol–water partition coefficient (Wildman–Crippen LogP) is 17.5. The van der Waals surface area contributed by atoms with E-state index in [1.807, 2.05) is 0 Å². The number of benzene rings is 12. The van der Waals surface area contributed by atoms with Crippen LogP contribution < -0.4 is 0 Å². The quantitative estimate of drug-likeness (QED) is 0.147. The average Bonchev–Trinajstić information content (AvgIpc) is 3.35. The molecule has 0 aliphatic heterocycles. The van der Waals surface area contributed by atoms with Gasteiger partial charge in [0.1, 0.15) is 0 Å². The molecule has 0 nitrogen and oxygen atoms in total. The molecule has 0 aliphatic rings. The maximum atomic E-state index is 2.42. The van der Waals surface area contributed by atoms with Crippen molar-refractivity contribution >= 4 is 53.9 Å². The minimum absolute atomic E-state index is 1.20. The molecule has 12 aromatic rings. The summed E-state index contributed by atoms with van der Waals surface area (Å²) < 4.78 is 0. The molecule has 0 saturated heterocycles. The maximum absolute atomic E-state index is 2.42. The van der Waals surface area contributed by atoms with Gasteiger partial charge in [0, 0.05) is 0 Å². The number of rotatable bonds is 6. The van der Waals surface area contributed by atoms with Crippen LogP contribution in [-0.2, 0) is 0 Å². The predicted molar refractivity (Wildman–Crippen MR) is 267 cm³/mol. The molecule has 0 aliphatic carbocycles. The van der Waals surface area contributed by atoms with Crippen LogP contribution >= 0.6 is 0 Å². The summed E-state index contributed by atoms with van der Waals surface area (Å²) in [5, 5.41) is 12.4. The van der Waals surface area contributed by atoms with E-state index >= 15 is 0 Å². The van der Waals surface area contributed by atoms with Crippen LogP contribution in [0.5, 0.6) is 0 Å². The van der Waals surface area contributed by atoms with Gasteiger partial charge in [-0.25, -0.2) is 0 Å². The normalized spacial score (nSPS) is 11.5. The van der Waals surface area contributed by atoms with Crippen LogP contribution in [0, 0.1) is 0 Å². The Kier molecular flexibility index (Phi) is 8.61. The third kappa shape index (κ3) is 5.92. The molecule has 0 spiro atoms. The third-order valence-electron chi connectivity index (χ3n) is 12.8. The van der Waals surface area contributed by atoms with Crippen molar-refractivity contribution in [3.63, 3.8) is 0 Å². The average molecular weight is 785 g/mol. The summed E-state index contributed by atoms with van der Waals surface area (Å²) in [6, 6.07) is 89.5. The molecule has 0 heteroatoms. The molecule has 0 saturated carbocycles. The van der Waals surface area contributed by atoms with Crippen LogP contribution in [-0.4, -0.2) is 0 Å². The zero-order valence-electron chi connectivity index (χ0n) is 34.1. The van der Waals surface area contributed by atoms with E-state index in [4.69, 9.17) is 0 Å². The zero-order valence-corrected chi connectivity index (χ0v) is 34.1. The summed E-state index contributed by atoms with van der Waals surface area (Å²) in [4.78, 5) is 0. The van der Waals surface area contributed by atoms with Crippen LogP contribution in [0.2, 0.25) is 0 Å². The highest BCUT2D eigenvalue weighted by Crippen LogP contribution is 2.52. The van der Waals surface area contributed by atoms with Gasteiger partial charge in [0.15, 0.2) is 0 Å². The third-order valence-corrected chi connectivity index (χ3v) is 12.8. The van der Waals surface area contributed by atoms with Gasteiger partial charge in [-0.3, -0.25) is 0 Å². The molecule has 0 aromatic heterocycles. The van der Waals surface area contributed by atoms with Gasteiger partial charge in [-0.1, -0.05) is 212 Å². The van der Waals surface area contributed by atoms with E-state index in [0.29, 0.717) is 0 Å². The Bertz CT molecular complexity index is 3480. The smallest absolute Gasteiger partial charge is 0.00139 e. The second-order valence-corrected chi connectivity index (χ2v) is 16.3. The fraction of sp³-hybridized carbons (Fsp3) is 0. The van der Waals surface area contributed by atoms with Crippen molar-refractivity contribution in [1.29, 1.82) is 0 Å². The summed E-state index contributed by atoms with van der Waals surface area (Å²) in [6.07, 6.45) is 0. The molecule has 0 atom stereocenters. The van der Waals surface area contributed by atoms with Crippen LogP contribution in [0.15, 0.2) is 243 Å². The monoisotopic (exact) mass is 784 g/mol. The summed E-state index contributed by atoms with van der Waals surface area (Å²) in [6.45, 7) is 0. The van der Waals surface area contributed by atoms with Gasteiger partial charge in [-0.2, -0.15) is 0 Å². The van der Waals surface area contributed by atoms with E-state index in [9.17, 15) is 0 Å². The minimum Gasteiger partial charge on any atom is -0.0622 e. The van der Waals surface area contributed by atoms with Gasteiger partial charge < -0.3 is 0 Å². The highest BCUT2D eigenvalue weighted by molar-refractivity contribution is 6.30. The fourth-order valence-corrected chi connectivity index (χ4v) is 10.1. The Labute approximate surface area is 361 Å². The largest absolute Gasteiger partial charge is 0.0622 e. The molecule has 12 rings (SSSR count). The Morgan fingerprint density at radius 1 is 0.161 bits per heavy atom. The van der Waals surface area contributed by atoms with E-state index in [2.05, 4.69) is 243 Å². The molecule has 62 heavy (non-hydrogen) atoms. The summed E-state index contributed by atoms with van der Waals surface area (Å²) in [7, 11) is 0. The number of fused-ring (bicyclic) bond motifs is 5. The first kappa shape index (κ1) is 35.8. The Morgan fingerprint density at radius 2 is 0.452 bits per heavy atom. The number of hydrogen-bond acceptors (Lipinski definition) is 0. The second-order valence-electron chi connectivity index (χ2n) is 16.3. The van der Waals surface area contributed by atoms with Gasteiger partial charge in [0.25, 0.3) is 0 Å². The van der Waals surface area contributed by atoms with Crippen molar-refractivity contribution in [2.75, 3.05) is 0 Å². The lowest BCUT2D eigenvalue weighted by atomic mass is 9.79. The Balaban J connectivity index is 1.19. The maximum Gasteiger partial charge on any atom is -0.00139 e. The van der Waals surface area contributed by atoms with Crippen molar-refractivity contribution < 1.29 is 0 Å². The van der Waals surface area contributed by atoms with Crippen molar-refractivity contribution in [2.45, 2.75) is 0 Å². The molecule has 0 bridgehead atoms. The standard InChI is InChI=1S/C62H40/c1-4-20-41(21-5-1)46-36-47(42-22-6-2-7-23-42)38-48(37-46)59-49-28-12-16-32-53(49)61(54-33-17-13-29-50(54)59)62-55-34-18-14-30-51(55)60(52-31-15-19-35-56(52)62)58-40-45-27-11-10-26-44(45)39-57(58)43-24-8-3-9-25-43/h1-40H. The second kappa shape index (κ2) is 14.9. The van der Waals surface area contributed by atoms with Gasteiger partial charge in [-0.05, 0) is 151 Å². The van der Waals surface area contributed by atoms with Crippen LogP contribution in [0.25, 0.3) is 121 Å². The molecule has 12 aromatic carbocycles. The van der Waals surface area contributed by atoms with E-state index in [1.54, 1.807) is 0 Å². The first-order valence-corrected chi connectivity index (χ1v) is 21.5. The van der Waals surface area contributed by atoms with Crippen molar-refractivity contribution in [3.05, 3.63) is 243 Å². The first-order valence-electron chi connectivity index (χ1n) is 21.5.